The molecule has 1 heterocycles. The molecule has 0 saturated heterocycles. The Morgan fingerprint density at radius 3 is 2.74 bits per heavy atom. The SMILES string of the molecule is C=C(C=C1Sc2ccccc2N1C)Sc1ccccc1[NH2+]CC. The lowest BCUT2D eigenvalue weighted by Crippen LogP contribution is -2.77. The minimum Gasteiger partial charge on any atom is -0.338 e. The fourth-order valence-electron chi connectivity index (χ4n) is 2.52. The van der Waals surface area contributed by atoms with E-state index in [2.05, 4.69) is 85.4 Å². The van der Waals surface area contributed by atoms with Gasteiger partial charge in [0.05, 0.1) is 22.2 Å². The number of anilines is 1. The fourth-order valence-corrected chi connectivity index (χ4v) is 4.58. The van der Waals surface area contributed by atoms with Crippen molar-refractivity contribution in [2.24, 2.45) is 0 Å². The monoisotopic (exact) mass is 341 g/mol. The van der Waals surface area contributed by atoms with Gasteiger partial charge in [0.15, 0.2) is 0 Å². The van der Waals surface area contributed by atoms with Gasteiger partial charge in [-0.25, -0.2) is 0 Å². The Hall–Kier alpha value is -1.62. The van der Waals surface area contributed by atoms with Crippen LogP contribution in [0, 0.1) is 0 Å². The van der Waals surface area contributed by atoms with E-state index in [-0.39, 0.29) is 0 Å². The van der Waals surface area contributed by atoms with E-state index in [9.17, 15) is 0 Å². The van der Waals surface area contributed by atoms with Crippen LogP contribution < -0.4 is 10.2 Å². The van der Waals surface area contributed by atoms with Gasteiger partial charge < -0.3 is 10.2 Å². The maximum absolute atomic E-state index is 4.24. The molecule has 1 aliphatic rings. The van der Waals surface area contributed by atoms with Gasteiger partial charge in [0, 0.05) is 22.9 Å². The lowest BCUT2D eigenvalue weighted by Gasteiger charge is -2.14. The number of thioether (sulfide) groups is 2. The van der Waals surface area contributed by atoms with E-state index < -0.39 is 0 Å². The van der Waals surface area contributed by atoms with Crippen LogP contribution in [-0.2, 0) is 0 Å². The number of fused-ring (bicyclic) bond motifs is 1. The van der Waals surface area contributed by atoms with Crippen LogP contribution in [0.5, 0.6) is 0 Å². The maximum Gasteiger partial charge on any atom is 0.143 e. The molecule has 2 aromatic carbocycles. The number of nitrogens with two attached hydrogens (primary N) is 1. The van der Waals surface area contributed by atoms with Crippen LogP contribution in [0.2, 0.25) is 0 Å². The molecule has 2 N–H and O–H groups in total. The zero-order valence-corrected chi connectivity index (χ0v) is 15.1. The van der Waals surface area contributed by atoms with E-state index in [1.54, 1.807) is 23.5 Å². The molecule has 0 aromatic heterocycles. The van der Waals surface area contributed by atoms with Crippen molar-refractivity contribution < 1.29 is 5.32 Å². The molecular weight excluding hydrogens is 320 g/mol. The summed E-state index contributed by atoms with van der Waals surface area (Å²) in [6.07, 6.45) is 2.18. The van der Waals surface area contributed by atoms with Crippen LogP contribution in [0.3, 0.4) is 0 Å². The summed E-state index contributed by atoms with van der Waals surface area (Å²) < 4.78 is 0. The highest BCUT2D eigenvalue weighted by Gasteiger charge is 2.21. The molecule has 4 heteroatoms. The molecule has 0 fully saturated rings. The third-order valence-corrected chi connectivity index (χ3v) is 5.78. The fraction of sp³-hybridized carbons (Fsp3) is 0.158. The molecule has 2 nitrogen and oxygen atoms in total. The second-order valence-corrected chi connectivity index (χ2v) is 7.56. The molecule has 0 atom stereocenters. The van der Waals surface area contributed by atoms with E-state index in [0.29, 0.717) is 0 Å². The summed E-state index contributed by atoms with van der Waals surface area (Å²) in [5.41, 5.74) is 2.55. The minimum absolute atomic E-state index is 1.04. The Morgan fingerprint density at radius 2 is 1.96 bits per heavy atom. The van der Waals surface area contributed by atoms with Crippen LogP contribution in [0.1, 0.15) is 6.92 Å². The largest absolute Gasteiger partial charge is 0.338 e. The average molecular weight is 342 g/mol. The van der Waals surface area contributed by atoms with E-state index in [1.807, 2.05) is 0 Å². The summed E-state index contributed by atoms with van der Waals surface area (Å²) in [6, 6.07) is 17.0. The summed E-state index contributed by atoms with van der Waals surface area (Å²) in [5.74, 6) is 0. The standard InChI is InChI=1S/C19H20N2S2/c1-4-20-15-9-5-7-11-17(15)22-14(2)13-19-21(3)16-10-6-8-12-18(16)23-19/h5-13,20H,2,4H2,1,3H3/p+1. The summed E-state index contributed by atoms with van der Waals surface area (Å²) in [4.78, 5) is 5.86. The van der Waals surface area contributed by atoms with Crippen molar-refractivity contribution >= 4 is 34.9 Å². The number of hydrogen-bond donors (Lipinski definition) is 1. The number of quaternary nitrogens is 1. The number of hydrogen-bond acceptors (Lipinski definition) is 3. The first-order valence-corrected chi connectivity index (χ1v) is 9.33. The van der Waals surface area contributed by atoms with Gasteiger partial charge in [0.1, 0.15) is 5.69 Å². The van der Waals surface area contributed by atoms with Gasteiger partial charge in [-0.2, -0.15) is 0 Å². The first-order valence-electron chi connectivity index (χ1n) is 7.70. The van der Waals surface area contributed by atoms with Crippen molar-refractivity contribution in [2.75, 3.05) is 18.5 Å². The number of allylic oxidation sites excluding steroid dienone is 1. The topological polar surface area (TPSA) is 19.9 Å². The summed E-state index contributed by atoms with van der Waals surface area (Å²) in [7, 11) is 2.11. The number of para-hydroxylation sites is 2. The van der Waals surface area contributed by atoms with Gasteiger partial charge in [-0.3, -0.25) is 0 Å². The third-order valence-electron chi connectivity index (χ3n) is 3.64. The zero-order valence-electron chi connectivity index (χ0n) is 13.5. The van der Waals surface area contributed by atoms with Crippen molar-refractivity contribution in [2.45, 2.75) is 16.7 Å². The molecule has 2 aromatic rings. The van der Waals surface area contributed by atoms with Crippen molar-refractivity contribution in [1.29, 1.82) is 0 Å². The number of nitrogens with zero attached hydrogens (tertiary/aromatic N) is 1. The summed E-state index contributed by atoms with van der Waals surface area (Å²) in [5, 5.41) is 3.48. The molecule has 118 valence electrons. The quantitative estimate of drug-likeness (QED) is 0.634. The third kappa shape index (κ3) is 3.66. The smallest absolute Gasteiger partial charge is 0.143 e. The molecule has 0 spiro atoms. The molecular formula is C19H21N2S2+. The minimum atomic E-state index is 1.04. The van der Waals surface area contributed by atoms with Gasteiger partial charge in [-0.15, -0.1) is 0 Å². The second kappa shape index (κ2) is 7.30. The lowest BCUT2D eigenvalue weighted by molar-refractivity contribution is -0.570. The Balaban J connectivity index is 1.76. The highest BCUT2D eigenvalue weighted by atomic mass is 32.2. The molecule has 0 bridgehead atoms. The summed E-state index contributed by atoms with van der Waals surface area (Å²) >= 11 is 3.54. The van der Waals surface area contributed by atoms with Crippen LogP contribution in [0.4, 0.5) is 11.4 Å². The maximum atomic E-state index is 4.24. The van der Waals surface area contributed by atoms with E-state index in [0.717, 1.165) is 11.4 Å². The van der Waals surface area contributed by atoms with Crippen molar-refractivity contribution in [3.8, 4) is 0 Å². The predicted octanol–water partition coefficient (Wildman–Crippen LogP) is 4.59. The first-order chi connectivity index (χ1) is 11.2. The molecule has 3 rings (SSSR count). The first kappa shape index (κ1) is 16.2. The molecule has 0 amide bonds. The van der Waals surface area contributed by atoms with Crippen LogP contribution in [0.25, 0.3) is 0 Å². The van der Waals surface area contributed by atoms with Gasteiger partial charge in [0.25, 0.3) is 0 Å². The molecule has 0 unspecified atom stereocenters. The van der Waals surface area contributed by atoms with Crippen molar-refractivity contribution in [3.05, 3.63) is 71.1 Å². The molecule has 0 radical (unpaired) electrons. The molecule has 1 aliphatic heterocycles. The van der Waals surface area contributed by atoms with Crippen molar-refractivity contribution in [3.63, 3.8) is 0 Å². The van der Waals surface area contributed by atoms with Gasteiger partial charge >= 0.3 is 0 Å². The lowest BCUT2D eigenvalue weighted by atomic mass is 10.3. The summed E-state index contributed by atoms with van der Waals surface area (Å²) in [6.45, 7) is 7.45. The van der Waals surface area contributed by atoms with Gasteiger partial charge in [-0.05, 0) is 31.2 Å². The Bertz CT molecular complexity index is 753. The molecule has 0 aliphatic carbocycles. The van der Waals surface area contributed by atoms with Crippen molar-refractivity contribution in [1.82, 2.24) is 0 Å². The predicted molar refractivity (Wildman–Crippen MR) is 102 cm³/mol. The Labute approximate surface area is 146 Å². The Kier molecular flexibility index (Phi) is 5.16. The average Bonchev–Trinajstić information content (AvgIpc) is 2.86. The van der Waals surface area contributed by atoms with Crippen LogP contribution in [-0.4, -0.2) is 13.6 Å². The zero-order chi connectivity index (χ0) is 16.2. The molecule has 23 heavy (non-hydrogen) atoms. The van der Waals surface area contributed by atoms with Crippen LogP contribution >= 0.6 is 23.5 Å². The van der Waals surface area contributed by atoms with Gasteiger partial charge in [-0.1, -0.05) is 54.4 Å². The highest BCUT2D eigenvalue weighted by Crippen LogP contribution is 2.45. The Morgan fingerprint density at radius 1 is 1.22 bits per heavy atom. The molecule has 0 saturated carbocycles. The van der Waals surface area contributed by atoms with Gasteiger partial charge in [0.2, 0.25) is 0 Å². The van der Waals surface area contributed by atoms with E-state index >= 15 is 0 Å². The number of rotatable bonds is 5. The second-order valence-electron chi connectivity index (χ2n) is 5.33. The number of benzene rings is 2. The van der Waals surface area contributed by atoms with E-state index in [4.69, 9.17) is 0 Å². The highest BCUT2D eigenvalue weighted by molar-refractivity contribution is 8.04. The van der Waals surface area contributed by atoms with E-state index in [1.165, 1.54) is 26.2 Å². The normalized spacial score (nSPS) is 15.0. The van der Waals surface area contributed by atoms with Crippen LogP contribution in [0.15, 0.2) is 80.9 Å².